The van der Waals surface area contributed by atoms with Crippen LogP contribution in [0.2, 0.25) is 0 Å². The summed E-state index contributed by atoms with van der Waals surface area (Å²) in [5.41, 5.74) is 2.16. The van der Waals surface area contributed by atoms with Gasteiger partial charge in [-0.3, -0.25) is 4.79 Å². The number of hydrogen-bond acceptors (Lipinski definition) is 4. The first-order valence-corrected chi connectivity index (χ1v) is 8.86. The van der Waals surface area contributed by atoms with Gasteiger partial charge >= 0.3 is 5.97 Å². The highest BCUT2D eigenvalue weighted by Crippen LogP contribution is 2.20. The number of methoxy groups -OCH3 is 1. The van der Waals surface area contributed by atoms with Gasteiger partial charge < -0.3 is 19.9 Å². The van der Waals surface area contributed by atoms with E-state index in [0.717, 1.165) is 16.9 Å². The lowest BCUT2D eigenvalue weighted by Gasteiger charge is -2.10. The van der Waals surface area contributed by atoms with E-state index in [0.29, 0.717) is 38.2 Å². The molecule has 0 aromatic heterocycles. The van der Waals surface area contributed by atoms with E-state index in [1.165, 1.54) is 19.2 Å². The van der Waals surface area contributed by atoms with Crippen molar-refractivity contribution in [1.29, 1.82) is 0 Å². The van der Waals surface area contributed by atoms with Gasteiger partial charge in [0.05, 0.1) is 19.3 Å². The zero-order valence-electron chi connectivity index (χ0n) is 15.7. The summed E-state index contributed by atoms with van der Waals surface area (Å²) in [6.07, 6.45) is 1.59. The average Bonchev–Trinajstić information content (AvgIpc) is 2.65. The van der Waals surface area contributed by atoms with Crippen LogP contribution in [-0.2, 0) is 11.2 Å². The molecule has 0 aliphatic rings. The molecule has 0 fully saturated rings. The van der Waals surface area contributed by atoms with E-state index in [1.54, 1.807) is 6.07 Å². The van der Waals surface area contributed by atoms with Gasteiger partial charge in [0, 0.05) is 13.0 Å². The van der Waals surface area contributed by atoms with Crippen LogP contribution < -0.4 is 14.8 Å². The van der Waals surface area contributed by atoms with E-state index >= 15 is 0 Å². The van der Waals surface area contributed by atoms with Crippen LogP contribution in [0.15, 0.2) is 42.5 Å². The molecule has 2 aromatic carbocycles. The second kappa shape index (κ2) is 10.2. The third-order valence-electron chi connectivity index (χ3n) is 4.06. The van der Waals surface area contributed by atoms with Crippen molar-refractivity contribution in [2.24, 2.45) is 0 Å². The van der Waals surface area contributed by atoms with Crippen LogP contribution in [0.4, 0.5) is 0 Å². The van der Waals surface area contributed by atoms with Gasteiger partial charge in [-0.05, 0) is 55.2 Å². The fraction of sp³-hybridized carbons (Fsp3) is 0.333. The highest BCUT2D eigenvalue weighted by atomic mass is 16.5. The smallest absolute Gasteiger partial charge is 0.335 e. The topological polar surface area (TPSA) is 84.9 Å². The lowest BCUT2D eigenvalue weighted by molar-refractivity contribution is -0.121. The second-order valence-corrected chi connectivity index (χ2v) is 6.20. The maximum absolute atomic E-state index is 11.9. The van der Waals surface area contributed by atoms with Crippen LogP contribution in [-0.4, -0.2) is 37.2 Å². The van der Waals surface area contributed by atoms with Crippen molar-refractivity contribution in [3.05, 3.63) is 59.2 Å². The Hall–Kier alpha value is -3.02. The molecule has 144 valence electrons. The van der Waals surface area contributed by atoms with Gasteiger partial charge in [0.25, 0.3) is 0 Å². The highest BCUT2D eigenvalue weighted by molar-refractivity contribution is 5.88. The van der Waals surface area contributed by atoms with Crippen molar-refractivity contribution < 1.29 is 24.2 Å². The van der Waals surface area contributed by atoms with Crippen LogP contribution in [0.1, 0.15) is 34.3 Å². The number of amides is 1. The summed E-state index contributed by atoms with van der Waals surface area (Å²) in [5.74, 6) is 0.285. The fourth-order valence-electron chi connectivity index (χ4n) is 2.64. The average molecular weight is 371 g/mol. The summed E-state index contributed by atoms with van der Waals surface area (Å²) in [6, 6.07) is 12.5. The molecular weight excluding hydrogens is 346 g/mol. The van der Waals surface area contributed by atoms with Gasteiger partial charge in [-0.25, -0.2) is 4.79 Å². The third-order valence-corrected chi connectivity index (χ3v) is 4.06. The number of carboxylic acids is 1. The Kier molecular flexibility index (Phi) is 7.67. The Balaban J connectivity index is 1.69. The molecule has 0 spiro atoms. The minimum atomic E-state index is -0.999. The Labute approximate surface area is 159 Å². The first-order valence-electron chi connectivity index (χ1n) is 8.86. The van der Waals surface area contributed by atoms with Gasteiger partial charge in [0.2, 0.25) is 5.91 Å². The van der Waals surface area contributed by atoms with Crippen molar-refractivity contribution in [3.8, 4) is 11.5 Å². The van der Waals surface area contributed by atoms with Crippen molar-refractivity contribution in [3.63, 3.8) is 0 Å². The van der Waals surface area contributed by atoms with Gasteiger partial charge in [-0.2, -0.15) is 0 Å². The van der Waals surface area contributed by atoms with Gasteiger partial charge in [-0.15, -0.1) is 0 Å². The number of carbonyl (C=O) groups excluding carboxylic acids is 1. The number of carboxylic acid groups (broad SMARTS) is 1. The van der Waals surface area contributed by atoms with E-state index in [9.17, 15) is 9.59 Å². The summed E-state index contributed by atoms with van der Waals surface area (Å²) in [4.78, 5) is 22.9. The molecule has 0 saturated heterocycles. The number of ether oxygens (including phenoxy) is 2. The summed E-state index contributed by atoms with van der Waals surface area (Å²) in [7, 11) is 1.50. The Morgan fingerprint density at radius 2 is 1.96 bits per heavy atom. The largest absolute Gasteiger partial charge is 0.496 e. The first-order chi connectivity index (χ1) is 13.0. The quantitative estimate of drug-likeness (QED) is 0.627. The number of hydrogen-bond donors (Lipinski definition) is 2. The standard InChI is InChI=1S/C21H25NO5/c1-15-5-3-6-18(13-15)27-12-4-7-20(23)22-11-10-16-8-9-17(21(24)25)14-19(16)26-2/h3,5-6,8-9,13-14H,4,7,10-12H2,1-2H3,(H,22,23)(H,24,25). The summed E-state index contributed by atoms with van der Waals surface area (Å²) < 4.78 is 10.9. The van der Waals surface area contributed by atoms with Crippen molar-refractivity contribution >= 4 is 11.9 Å². The molecule has 27 heavy (non-hydrogen) atoms. The maximum atomic E-state index is 11.9. The molecule has 2 rings (SSSR count). The molecule has 2 N–H and O–H groups in total. The SMILES string of the molecule is COc1cc(C(=O)O)ccc1CCNC(=O)CCCOc1cccc(C)c1. The van der Waals surface area contributed by atoms with Crippen LogP contribution in [0.25, 0.3) is 0 Å². The summed E-state index contributed by atoms with van der Waals surface area (Å²) in [5, 5.41) is 11.9. The number of carbonyl (C=O) groups is 2. The molecule has 0 bridgehead atoms. The van der Waals surface area contributed by atoms with Gasteiger partial charge in [0.1, 0.15) is 11.5 Å². The van der Waals surface area contributed by atoms with E-state index in [4.69, 9.17) is 14.6 Å². The first kappa shape index (κ1) is 20.3. The van der Waals surface area contributed by atoms with E-state index in [1.807, 2.05) is 31.2 Å². The Morgan fingerprint density at radius 1 is 1.15 bits per heavy atom. The zero-order valence-corrected chi connectivity index (χ0v) is 15.7. The minimum absolute atomic E-state index is 0.0380. The van der Waals surface area contributed by atoms with Crippen molar-refractivity contribution in [2.45, 2.75) is 26.2 Å². The summed E-state index contributed by atoms with van der Waals surface area (Å²) in [6.45, 7) is 2.95. The molecule has 0 saturated carbocycles. The van der Waals surface area contributed by atoms with Crippen LogP contribution in [0, 0.1) is 6.92 Å². The molecule has 6 heteroatoms. The predicted octanol–water partition coefficient (Wildman–Crippen LogP) is 3.22. The normalized spacial score (nSPS) is 10.3. The van der Waals surface area contributed by atoms with E-state index in [2.05, 4.69) is 5.32 Å². The monoisotopic (exact) mass is 371 g/mol. The molecule has 0 aliphatic carbocycles. The minimum Gasteiger partial charge on any atom is -0.496 e. The highest BCUT2D eigenvalue weighted by Gasteiger charge is 2.09. The van der Waals surface area contributed by atoms with Crippen LogP contribution >= 0.6 is 0 Å². The predicted molar refractivity (Wildman–Crippen MR) is 103 cm³/mol. The third kappa shape index (κ3) is 6.66. The summed E-state index contributed by atoms with van der Waals surface area (Å²) >= 11 is 0. The van der Waals surface area contributed by atoms with Crippen molar-refractivity contribution in [1.82, 2.24) is 5.32 Å². The molecule has 0 heterocycles. The van der Waals surface area contributed by atoms with Gasteiger partial charge in [0.15, 0.2) is 0 Å². The van der Waals surface area contributed by atoms with E-state index in [-0.39, 0.29) is 11.5 Å². The van der Waals surface area contributed by atoms with E-state index < -0.39 is 5.97 Å². The maximum Gasteiger partial charge on any atom is 0.335 e. The number of benzene rings is 2. The van der Waals surface area contributed by atoms with Gasteiger partial charge in [-0.1, -0.05) is 18.2 Å². The number of aryl methyl sites for hydroxylation is 1. The fourth-order valence-corrected chi connectivity index (χ4v) is 2.64. The van der Waals surface area contributed by atoms with Crippen LogP contribution in [0.5, 0.6) is 11.5 Å². The zero-order chi connectivity index (χ0) is 19.6. The molecular formula is C21H25NO5. The molecule has 0 atom stereocenters. The molecule has 2 aromatic rings. The Morgan fingerprint density at radius 3 is 2.67 bits per heavy atom. The molecule has 0 radical (unpaired) electrons. The molecule has 1 amide bonds. The molecule has 0 aliphatic heterocycles. The number of aromatic carboxylic acids is 1. The number of rotatable bonds is 10. The van der Waals surface area contributed by atoms with Crippen LogP contribution in [0.3, 0.4) is 0 Å². The Bertz CT molecular complexity index is 788. The molecule has 6 nitrogen and oxygen atoms in total. The van der Waals surface area contributed by atoms with Crippen molar-refractivity contribution in [2.75, 3.05) is 20.3 Å². The molecule has 0 unspecified atom stereocenters. The second-order valence-electron chi connectivity index (χ2n) is 6.20. The number of nitrogens with one attached hydrogen (secondary N) is 1. The lowest BCUT2D eigenvalue weighted by atomic mass is 10.1. The lowest BCUT2D eigenvalue weighted by Crippen LogP contribution is -2.26.